The zero-order valence-corrected chi connectivity index (χ0v) is 12.6. The topological polar surface area (TPSA) is 68.3 Å². The van der Waals surface area contributed by atoms with E-state index in [1.54, 1.807) is 12.1 Å². The monoisotopic (exact) mass is 334 g/mol. The van der Waals surface area contributed by atoms with E-state index in [0.717, 1.165) is 10.2 Å². The predicted octanol–water partition coefficient (Wildman–Crippen LogP) is 3.92. The minimum atomic E-state index is -0.0292. The second-order valence-electron chi connectivity index (χ2n) is 4.06. The Labute approximate surface area is 126 Å². The molecule has 0 fully saturated rings. The van der Waals surface area contributed by atoms with Gasteiger partial charge in [-0.25, -0.2) is 0 Å². The van der Waals surface area contributed by atoms with Gasteiger partial charge in [0, 0.05) is 4.47 Å². The molecule has 0 bridgehead atoms. The van der Waals surface area contributed by atoms with E-state index in [2.05, 4.69) is 15.9 Å². The number of hydrogen-bond acceptors (Lipinski definition) is 3. The van der Waals surface area contributed by atoms with Crippen molar-refractivity contribution < 1.29 is 9.47 Å². The van der Waals surface area contributed by atoms with Gasteiger partial charge in [0.05, 0.1) is 12.2 Å². The van der Waals surface area contributed by atoms with Gasteiger partial charge in [0.1, 0.15) is 23.1 Å². The van der Waals surface area contributed by atoms with Gasteiger partial charge >= 0.3 is 0 Å². The van der Waals surface area contributed by atoms with E-state index in [4.69, 9.17) is 20.6 Å². The number of hydrogen-bond donors (Lipinski definition) is 2. The van der Waals surface area contributed by atoms with Crippen LogP contribution in [0.4, 0.5) is 0 Å². The summed E-state index contributed by atoms with van der Waals surface area (Å²) in [5.74, 6) is 1.96. The molecular weight excluding hydrogens is 320 g/mol. The van der Waals surface area contributed by atoms with Crippen LogP contribution in [0.2, 0.25) is 0 Å². The summed E-state index contributed by atoms with van der Waals surface area (Å²) in [6, 6.07) is 12.7. The largest absolute Gasteiger partial charge is 0.494 e. The van der Waals surface area contributed by atoms with E-state index in [0.29, 0.717) is 23.7 Å². The lowest BCUT2D eigenvalue weighted by Gasteiger charge is -2.11. The fourth-order valence-electron chi connectivity index (χ4n) is 1.70. The summed E-state index contributed by atoms with van der Waals surface area (Å²) in [5, 5.41) is 7.56. The van der Waals surface area contributed by atoms with E-state index in [1.807, 2.05) is 37.3 Å². The maximum Gasteiger partial charge on any atom is 0.139 e. The molecule has 2 rings (SSSR count). The average Bonchev–Trinajstić information content (AvgIpc) is 2.41. The van der Waals surface area contributed by atoms with Crippen molar-refractivity contribution in [2.24, 2.45) is 5.73 Å². The smallest absolute Gasteiger partial charge is 0.139 e. The van der Waals surface area contributed by atoms with Crippen LogP contribution in [0.1, 0.15) is 12.5 Å². The van der Waals surface area contributed by atoms with Crippen LogP contribution in [0, 0.1) is 5.41 Å². The van der Waals surface area contributed by atoms with Gasteiger partial charge < -0.3 is 15.2 Å². The van der Waals surface area contributed by atoms with Crippen LogP contribution in [0.5, 0.6) is 17.2 Å². The Morgan fingerprint density at radius 2 is 1.80 bits per heavy atom. The molecule has 20 heavy (non-hydrogen) atoms. The Morgan fingerprint density at radius 1 is 1.15 bits per heavy atom. The van der Waals surface area contributed by atoms with Crippen LogP contribution in [0.15, 0.2) is 46.9 Å². The first-order valence-corrected chi connectivity index (χ1v) is 6.94. The SMILES string of the molecule is CCOc1ccc(Oc2cc(Br)ccc2C(=N)N)cc1. The molecule has 0 amide bonds. The van der Waals surface area contributed by atoms with Crippen LogP contribution in [-0.2, 0) is 0 Å². The van der Waals surface area contributed by atoms with E-state index < -0.39 is 0 Å². The van der Waals surface area contributed by atoms with Gasteiger partial charge in [-0.05, 0) is 49.4 Å². The highest BCUT2D eigenvalue weighted by atomic mass is 79.9. The van der Waals surface area contributed by atoms with Crippen molar-refractivity contribution in [3.05, 3.63) is 52.5 Å². The lowest BCUT2D eigenvalue weighted by atomic mass is 10.2. The number of rotatable bonds is 5. The number of benzene rings is 2. The maximum absolute atomic E-state index is 7.56. The van der Waals surface area contributed by atoms with Crippen molar-refractivity contribution in [1.29, 1.82) is 5.41 Å². The minimum absolute atomic E-state index is 0.0292. The van der Waals surface area contributed by atoms with Gasteiger partial charge in [-0.1, -0.05) is 15.9 Å². The number of ether oxygens (including phenoxy) is 2. The predicted molar refractivity (Wildman–Crippen MR) is 82.8 cm³/mol. The lowest BCUT2D eigenvalue weighted by molar-refractivity contribution is 0.339. The van der Waals surface area contributed by atoms with Crippen LogP contribution in [-0.4, -0.2) is 12.4 Å². The fraction of sp³-hybridized carbons (Fsp3) is 0.133. The summed E-state index contributed by atoms with van der Waals surface area (Å²) >= 11 is 3.38. The Morgan fingerprint density at radius 3 is 2.40 bits per heavy atom. The van der Waals surface area contributed by atoms with Crippen molar-refractivity contribution in [3.63, 3.8) is 0 Å². The number of nitrogens with two attached hydrogens (primary N) is 1. The summed E-state index contributed by atoms with van der Waals surface area (Å²) in [6.07, 6.45) is 0. The third-order valence-electron chi connectivity index (χ3n) is 2.60. The average molecular weight is 335 g/mol. The Balaban J connectivity index is 2.25. The standard InChI is InChI=1S/C15H15BrN2O2/c1-2-19-11-4-6-12(7-5-11)20-14-9-10(16)3-8-13(14)15(17)18/h3-9H,2H2,1H3,(H3,17,18). The molecule has 0 saturated carbocycles. The van der Waals surface area contributed by atoms with E-state index >= 15 is 0 Å². The number of amidine groups is 1. The highest BCUT2D eigenvalue weighted by Gasteiger charge is 2.08. The molecule has 0 unspecified atom stereocenters. The van der Waals surface area contributed by atoms with E-state index in [9.17, 15) is 0 Å². The molecule has 0 heterocycles. The minimum Gasteiger partial charge on any atom is -0.494 e. The van der Waals surface area contributed by atoms with Gasteiger partial charge in [-0.2, -0.15) is 0 Å². The third kappa shape index (κ3) is 3.51. The van der Waals surface area contributed by atoms with Crippen molar-refractivity contribution in [2.45, 2.75) is 6.92 Å². The molecule has 2 aromatic carbocycles. The van der Waals surface area contributed by atoms with Crippen molar-refractivity contribution >= 4 is 21.8 Å². The van der Waals surface area contributed by atoms with Gasteiger partial charge in [0.2, 0.25) is 0 Å². The van der Waals surface area contributed by atoms with Crippen LogP contribution >= 0.6 is 15.9 Å². The second kappa shape index (κ2) is 6.43. The molecule has 0 radical (unpaired) electrons. The summed E-state index contributed by atoms with van der Waals surface area (Å²) in [6.45, 7) is 2.56. The molecule has 2 aromatic rings. The molecule has 0 aliphatic rings. The molecule has 104 valence electrons. The molecule has 4 nitrogen and oxygen atoms in total. The number of halogens is 1. The molecule has 0 aromatic heterocycles. The van der Waals surface area contributed by atoms with Crippen LogP contribution in [0.25, 0.3) is 0 Å². The molecule has 0 spiro atoms. The van der Waals surface area contributed by atoms with Gasteiger partial charge in [-0.3, -0.25) is 5.41 Å². The zero-order chi connectivity index (χ0) is 14.5. The molecule has 0 atom stereocenters. The molecular formula is C15H15BrN2O2. The molecule has 0 saturated heterocycles. The first-order valence-electron chi connectivity index (χ1n) is 6.15. The van der Waals surface area contributed by atoms with E-state index in [1.165, 1.54) is 0 Å². The first kappa shape index (κ1) is 14.4. The molecule has 0 aliphatic carbocycles. The second-order valence-corrected chi connectivity index (χ2v) is 4.98. The normalized spacial score (nSPS) is 10.1. The Hall–Kier alpha value is -2.01. The summed E-state index contributed by atoms with van der Waals surface area (Å²) in [5.41, 5.74) is 6.11. The van der Waals surface area contributed by atoms with Gasteiger partial charge in [0.25, 0.3) is 0 Å². The highest BCUT2D eigenvalue weighted by molar-refractivity contribution is 9.10. The van der Waals surface area contributed by atoms with Crippen molar-refractivity contribution in [2.75, 3.05) is 6.61 Å². The van der Waals surface area contributed by atoms with Crippen LogP contribution in [0.3, 0.4) is 0 Å². The van der Waals surface area contributed by atoms with Crippen LogP contribution < -0.4 is 15.2 Å². The van der Waals surface area contributed by atoms with Gasteiger partial charge in [-0.15, -0.1) is 0 Å². The van der Waals surface area contributed by atoms with E-state index in [-0.39, 0.29) is 5.84 Å². The molecule has 0 aliphatic heterocycles. The first-order chi connectivity index (χ1) is 9.60. The maximum atomic E-state index is 7.56. The summed E-state index contributed by atoms with van der Waals surface area (Å²) < 4.78 is 12.0. The number of nitrogens with one attached hydrogen (secondary N) is 1. The number of nitrogen functional groups attached to an aromatic ring is 1. The van der Waals surface area contributed by atoms with Crippen molar-refractivity contribution in [1.82, 2.24) is 0 Å². The summed E-state index contributed by atoms with van der Waals surface area (Å²) in [4.78, 5) is 0. The third-order valence-corrected chi connectivity index (χ3v) is 3.09. The lowest BCUT2D eigenvalue weighted by Crippen LogP contribution is -2.12. The molecule has 5 heteroatoms. The Kier molecular flexibility index (Phi) is 4.63. The zero-order valence-electron chi connectivity index (χ0n) is 11.0. The van der Waals surface area contributed by atoms with Crippen molar-refractivity contribution in [3.8, 4) is 17.2 Å². The fourth-order valence-corrected chi connectivity index (χ4v) is 2.04. The highest BCUT2D eigenvalue weighted by Crippen LogP contribution is 2.29. The Bertz CT molecular complexity index is 612. The molecule has 3 N–H and O–H groups in total. The van der Waals surface area contributed by atoms with Gasteiger partial charge in [0.15, 0.2) is 0 Å². The summed E-state index contributed by atoms with van der Waals surface area (Å²) in [7, 11) is 0. The quantitative estimate of drug-likeness (QED) is 0.643.